The maximum absolute atomic E-state index is 12.8. The molecule has 2 heterocycles. The number of pyridine rings is 1. The first-order valence-electron chi connectivity index (χ1n) is 11.3. The van der Waals surface area contributed by atoms with Crippen LogP contribution in [0.1, 0.15) is 16.8 Å². The maximum Gasteiger partial charge on any atom is 0.315 e. The lowest BCUT2D eigenvalue weighted by molar-refractivity contribution is -0.117. The fourth-order valence-electron chi connectivity index (χ4n) is 3.62. The van der Waals surface area contributed by atoms with E-state index in [9.17, 15) is 9.59 Å². The first-order valence-corrected chi connectivity index (χ1v) is 12.9. The summed E-state index contributed by atoms with van der Waals surface area (Å²) >= 11 is 16.6. The molecule has 0 spiro atoms. The number of urea groups is 1. The second kappa shape index (κ2) is 13.2. The van der Waals surface area contributed by atoms with Crippen molar-refractivity contribution in [3.05, 3.63) is 92.3 Å². The smallest absolute Gasteiger partial charge is 0.315 e. The van der Waals surface area contributed by atoms with Gasteiger partial charge in [0, 0.05) is 30.4 Å². The van der Waals surface area contributed by atoms with E-state index in [1.165, 1.54) is 4.90 Å². The lowest BCUT2D eigenvalue weighted by atomic mass is 10.2. The Labute approximate surface area is 244 Å². The van der Waals surface area contributed by atoms with Gasteiger partial charge in [-0.2, -0.15) is 0 Å². The van der Waals surface area contributed by atoms with Crippen molar-refractivity contribution in [2.24, 2.45) is 0 Å². The van der Waals surface area contributed by atoms with Crippen LogP contribution in [-0.4, -0.2) is 34.9 Å². The van der Waals surface area contributed by atoms with Gasteiger partial charge in [0.2, 0.25) is 5.91 Å². The minimum absolute atomic E-state index is 0. The average Bonchev–Trinajstić information content (AvgIpc) is 3.20. The Morgan fingerprint density at radius 3 is 2.55 bits per heavy atom. The van der Waals surface area contributed by atoms with Crippen LogP contribution in [0.2, 0.25) is 10.0 Å². The minimum atomic E-state index is -0.447. The van der Waals surface area contributed by atoms with Crippen LogP contribution in [0, 0.1) is 6.92 Å². The molecule has 0 saturated carbocycles. The Bertz CT molecular complexity index is 1450. The van der Waals surface area contributed by atoms with Crippen molar-refractivity contribution in [2.45, 2.75) is 20.1 Å². The molecule has 0 aliphatic rings. The number of ether oxygens (including phenoxy) is 1. The minimum Gasteiger partial charge on any atom is -0.485 e. The normalized spacial score (nSPS) is 10.6. The summed E-state index contributed by atoms with van der Waals surface area (Å²) in [6, 6.07) is 16.0. The third-order valence-corrected chi connectivity index (χ3v) is 7.42. The number of benzene rings is 2. The molecule has 0 radical (unpaired) electrons. The largest absolute Gasteiger partial charge is 0.485 e. The molecule has 2 N–H and O–H groups in total. The van der Waals surface area contributed by atoms with Gasteiger partial charge in [-0.1, -0.05) is 53.5 Å². The van der Waals surface area contributed by atoms with E-state index in [1.807, 2.05) is 60.0 Å². The van der Waals surface area contributed by atoms with Gasteiger partial charge in [-0.15, -0.1) is 12.4 Å². The number of nitrogens with one attached hydrogen (secondary N) is 2. The van der Waals surface area contributed by atoms with Crippen molar-refractivity contribution in [1.82, 2.24) is 20.0 Å². The van der Waals surface area contributed by atoms with Gasteiger partial charge in [0.05, 0.1) is 22.9 Å². The Kier molecular flexibility index (Phi) is 10.3. The van der Waals surface area contributed by atoms with Crippen LogP contribution in [0.15, 0.2) is 65.4 Å². The highest BCUT2D eigenvalue weighted by atomic mass is 79.9. The number of aromatic nitrogens is 2. The molecule has 4 rings (SSSR count). The number of imidazole rings is 1. The molecule has 0 fully saturated rings. The van der Waals surface area contributed by atoms with Gasteiger partial charge in [0.15, 0.2) is 11.4 Å². The first-order chi connectivity index (χ1) is 17.8. The fraction of sp³-hybridized carbons (Fsp3) is 0.192. The van der Waals surface area contributed by atoms with Gasteiger partial charge >= 0.3 is 6.03 Å². The van der Waals surface area contributed by atoms with E-state index in [2.05, 4.69) is 31.5 Å². The quantitative estimate of drug-likeness (QED) is 0.241. The lowest BCUT2D eigenvalue weighted by Gasteiger charge is -2.21. The van der Waals surface area contributed by atoms with Crippen LogP contribution in [0.5, 0.6) is 5.75 Å². The molecule has 4 aromatic rings. The van der Waals surface area contributed by atoms with E-state index in [1.54, 1.807) is 19.2 Å². The third kappa shape index (κ3) is 6.71. The van der Waals surface area contributed by atoms with E-state index in [0.29, 0.717) is 34.2 Å². The van der Waals surface area contributed by atoms with Crippen LogP contribution >= 0.6 is 51.5 Å². The number of nitrogens with zero attached hydrogens (tertiary/aromatic N) is 3. The summed E-state index contributed by atoms with van der Waals surface area (Å²) < 4.78 is 8.75. The standard InChI is InChI=1S/C26H24BrCl2N5O3.ClH/c1-16-24(27)34-12-6-9-21(25(34)32-16)37-15-18-19(28)10-11-20(23(18)29)33(2)22(35)14-31-26(36)30-13-17-7-4-3-5-8-17;/h3-12H,13-15H2,1-2H3,(H2,30,31,36);1H. The van der Waals surface area contributed by atoms with Crippen LogP contribution < -0.4 is 20.3 Å². The molecule has 2 aromatic carbocycles. The van der Waals surface area contributed by atoms with Crippen LogP contribution in [0.3, 0.4) is 0 Å². The SMILES string of the molecule is Cc1nc2c(OCc3c(Cl)ccc(N(C)C(=O)CNC(=O)NCc4ccccc4)c3Cl)cccn2c1Br.Cl. The summed E-state index contributed by atoms with van der Waals surface area (Å²) in [6.45, 7) is 2.10. The van der Waals surface area contributed by atoms with E-state index in [0.717, 1.165) is 15.9 Å². The summed E-state index contributed by atoms with van der Waals surface area (Å²) in [5.41, 5.74) is 3.41. The number of hydrogen-bond acceptors (Lipinski definition) is 4. The first kappa shape index (κ1) is 29.6. The van der Waals surface area contributed by atoms with Crippen LogP contribution in [0.4, 0.5) is 10.5 Å². The highest BCUT2D eigenvalue weighted by molar-refractivity contribution is 9.10. The molecule has 200 valence electrons. The summed E-state index contributed by atoms with van der Waals surface area (Å²) in [7, 11) is 1.58. The number of halogens is 4. The molecule has 0 unspecified atom stereocenters. The van der Waals surface area contributed by atoms with Gasteiger partial charge in [-0.05, 0) is 52.7 Å². The van der Waals surface area contributed by atoms with Gasteiger partial charge in [-0.3, -0.25) is 9.20 Å². The zero-order chi connectivity index (χ0) is 26.5. The van der Waals surface area contributed by atoms with Crippen molar-refractivity contribution in [3.63, 3.8) is 0 Å². The molecule has 38 heavy (non-hydrogen) atoms. The molecular formula is C26H25BrCl3N5O3. The number of carbonyl (C=O) groups is 2. The van der Waals surface area contributed by atoms with Crippen molar-refractivity contribution >= 4 is 74.8 Å². The Morgan fingerprint density at radius 2 is 1.82 bits per heavy atom. The highest BCUT2D eigenvalue weighted by Crippen LogP contribution is 2.35. The molecule has 0 aliphatic carbocycles. The molecule has 0 bridgehead atoms. The highest BCUT2D eigenvalue weighted by Gasteiger charge is 2.20. The van der Waals surface area contributed by atoms with Crippen LogP contribution in [0.25, 0.3) is 5.65 Å². The second-order valence-corrected chi connectivity index (χ2v) is 9.71. The number of likely N-dealkylation sites (N-methyl/N-ethyl adjacent to an activating group) is 1. The van der Waals surface area contributed by atoms with E-state index >= 15 is 0 Å². The zero-order valence-electron chi connectivity index (χ0n) is 20.5. The molecular weight excluding hydrogens is 617 g/mol. The number of amides is 3. The van der Waals surface area contributed by atoms with Crippen LogP contribution in [-0.2, 0) is 17.9 Å². The molecule has 0 atom stereocenters. The van der Waals surface area contributed by atoms with Crippen molar-refractivity contribution in [3.8, 4) is 5.75 Å². The van der Waals surface area contributed by atoms with Crippen molar-refractivity contribution in [1.29, 1.82) is 0 Å². The fourth-order valence-corrected chi connectivity index (χ4v) is 4.60. The second-order valence-electron chi connectivity index (χ2n) is 8.18. The Hall–Kier alpha value is -2.98. The van der Waals surface area contributed by atoms with E-state index in [4.69, 9.17) is 27.9 Å². The molecule has 0 aliphatic heterocycles. The summed E-state index contributed by atoms with van der Waals surface area (Å²) in [6.07, 6.45) is 1.88. The topological polar surface area (TPSA) is 88.0 Å². The number of fused-ring (bicyclic) bond motifs is 1. The number of aryl methyl sites for hydroxylation is 1. The van der Waals surface area contributed by atoms with E-state index < -0.39 is 6.03 Å². The number of anilines is 1. The molecule has 0 saturated heterocycles. The summed E-state index contributed by atoms with van der Waals surface area (Å²) in [5, 5.41) is 5.98. The van der Waals surface area contributed by atoms with E-state index in [-0.39, 0.29) is 36.5 Å². The van der Waals surface area contributed by atoms with Gasteiger partial charge in [-0.25, -0.2) is 9.78 Å². The summed E-state index contributed by atoms with van der Waals surface area (Å²) in [5.74, 6) is 0.206. The number of carbonyl (C=O) groups excluding carboxylic acids is 2. The van der Waals surface area contributed by atoms with Gasteiger partial charge in [0.25, 0.3) is 0 Å². The molecule has 2 aromatic heterocycles. The maximum atomic E-state index is 12.8. The monoisotopic (exact) mass is 639 g/mol. The zero-order valence-corrected chi connectivity index (χ0v) is 24.4. The van der Waals surface area contributed by atoms with Crippen molar-refractivity contribution < 1.29 is 14.3 Å². The molecule has 3 amide bonds. The summed E-state index contributed by atoms with van der Waals surface area (Å²) in [4.78, 5) is 30.8. The lowest BCUT2D eigenvalue weighted by Crippen LogP contribution is -2.42. The Morgan fingerprint density at radius 1 is 1.08 bits per heavy atom. The number of hydrogen-bond donors (Lipinski definition) is 2. The molecule has 8 nitrogen and oxygen atoms in total. The number of rotatable bonds is 8. The van der Waals surface area contributed by atoms with Gasteiger partial charge in [0.1, 0.15) is 11.2 Å². The predicted octanol–water partition coefficient (Wildman–Crippen LogP) is 6.18. The molecule has 12 heteroatoms. The third-order valence-electron chi connectivity index (χ3n) is 5.68. The average molecular weight is 642 g/mol. The Balaban J connectivity index is 0.00000400. The van der Waals surface area contributed by atoms with Gasteiger partial charge < -0.3 is 20.3 Å². The van der Waals surface area contributed by atoms with Crippen molar-refractivity contribution in [2.75, 3.05) is 18.5 Å². The predicted molar refractivity (Wildman–Crippen MR) is 156 cm³/mol.